The lowest BCUT2D eigenvalue weighted by Gasteiger charge is -2.36. The average Bonchev–Trinajstić information content (AvgIpc) is 2.79. The summed E-state index contributed by atoms with van der Waals surface area (Å²) in [7, 11) is 0. The van der Waals surface area contributed by atoms with Crippen molar-refractivity contribution in [2.75, 3.05) is 44.2 Å². The Morgan fingerprint density at radius 1 is 0.966 bits per heavy atom. The highest BCUT2D eigenvalue weighted by Crippen LogP contribution is 2.23. The molecule has 2 saturated heterocycles. The third-order valence-electron chi connectivity index (χ3n) is 6.22. The molecule has 2 aliphatic rings. The van der Waals surface area contributed by atoms with Crippen molar-refractivity contribution in [2.45, 2.75) is 32.2 Å². The number of benzene rings is 1. The summed E-state index contributed by atoms with van der Waals surface area (Å²) >= 11 is 0. The molecule has 1 amide bonds. The number of piperidine rings is 1. The molecule has 2 aliphatic heterocycles. The number of rotatable bonds is 6. The minimum Gasteiger partial charge on any atom is -0.353 e. The van der Waals surface area contributed by atoms with Crippen molar-refractivity contribution in [1.29, 1.82) is 0 Å². The van der Waals surface area contributed by atoms with Gasteiger partial charge in [-0.2, -0.15) is 0 Å². The van der Waals surface area contributed by atoms with Crippen molar-refractivity contribution in [1.82, 2.24) is 14.8 Å². The van der Waals surface area contributed by atoms with Gasteiger partial charge in [0.15, 0.2) is 0 Å². The van der Waals surface area contributed by atoms with Crippen LogP contribution < -0.4 is 4.90 Å². The van der Waals surface area contributed by atoms with E-state index in [0.717, 1.165) is 51.5 Å². The van der Waals surface area contributed by atoms with Crippen LogP contribution in [0.1, 0.15) is 31.2 Å². The lowest BCUT2D eigenvalue weighted by Crippen LogP contribution is -2.49. The Morgan fingerprint density at radius 2 is 1.76 bits per heavy atom. The fraction of sp³-hybridized carbons (Fsp3) is 0.500. The summed E-state index contributed by atoms with van der Waals surface area (Å²) in [6.45, 7) is 6.68. The van der Waals surface area contributed by atoms with E-state index in [1.807, 2.05) is 29.3 Å². The highest BCUT2D eigenvalue weighted by molar-refractivity contribution is 5.76. The molecule has 0 aliphatic carbocycles. The number of likely N-dealkylation sites (tertiary alicyclic amines) is 1. The van der Waals surface area contributed by atoms with Crippen LogP contribution in [0.25, 0.3) is 0 Å². The Hall–Kier alpha value is -2.40. The van der Waals surface area contributed by atoms with Gasteiger partial charge in [-0.1, -0.05) is 36.4 Å². The van der Waals surface area contributed by atoms with Crippen LogP contribution in [0.5, 0.6) is 0 Å². The van der Waals surface area contributed by atoms with Crippen molar-refractivity contribution in [3.05, 3.63) is 60.3 Å². The molecule has 2 aromatic rings. The summed E-state index contributed by atoms with van der Waals surface area (Å²) in [6.07, 6.45) is 6.04. The molecule has 0 radical (unpaired) electrons. The van der Waals surface area contributed by atoms with Gasteiger partial charge in [0.2, 0.25) is 5.91 Å². The largest absolute Gasteiger partial charge is 0.353 e. The van der Waals surface area contributed by atoms with Gasteiger partial charge in [0.25, 0.3) is 0 Å². The van der Waals surface area contributed by atoms with Gasteiger partial charge in [-0.15, -0.1) is 0 Å². The number of hydrogen-bond donors (Lipinski definition) is 0. The number of amides is 1. The second-order valence-electron chi connectivity index (χ2n) is 8.32. The zero-order valence-corrected chi connectivity index (χ0v) is 17.2. The Morgan fingerprint density at radius 3 is 2.52 bits per heavy atom. The molecular formula is C24H32N4O. The number of nitrogens with zero attached hydrogens (tertiary/aromatic N) is 4. The first-order valence-electron chi connectivity index (χ1n) is 11.0. The van der Waals surface area contributed by atoms with Crippen LogP contribution in [-0.4, -0.2) is 60.0 Å². The van der Waals surface area contributed by atoms with Crippen molar-refractivity contribution >= 4 is 11.7 Å². The summed E-state index contributed by atoms with van der Waals surface area (Å²) < 4.78 is 0. The Kier molecular flexibility index (Phi) is 6.78. The number of pyridine rings is 1. The predicted molar refractivity (Wildman–Crippen MR) is 117 cm³/mol. The van der Waals surface area contributed by atoms with E-state index in [1.165, 1.54) is 24.9 Å². The summed E-state index contributed by atoms with van der Waals surface area (Å²) in [4.78, 5) is 24.0. The van der Waals surface area contributed by atoms with Crippen LogP contribution in [0.15, 0.2) is 54.7 Å². The second-order valence-corrected chi connectivity index (χ2v) is 8.32. The molecular weight excluding hydrogens is 360 g/mol. The number of anilines is 1. The molecule has 1 atom stereocenters. The molecule has 1 aromatic carbocycles. The molecule has 29 heavy (non-hydrogen) atoms. The average molecular weight is 393 g/mol. The zero-order valence-electron chi connectivity index (χ0n) is 17.2. The van der Waals surface area contributed by atoms with E-state index in [0.29, 0.717) is 18.2 Å². The summed E-state index contributed by atoms with van der Waals surface area (Å²) in [5.74, 6) is 1.98. The number of carbonyl (C=O) groups excluding carboxylic acids is 1. The van der Waals surface area contributed by atoms with Gasteiger partial charge in [0.1, 0.15) is 5.82 Å². The fourth-order valence-corrected chi connectivity index (χ4v) is 4.58. The first kappa shape index (κ1) is 19.9. The van der Waals surface area contributed by atoms with Gasteiger partial charge < -0.3 is 9.80 Å². The van der Waals surface area contributed by atoms with E-state index in [4.69, 9.17) is 0 Å². The van der Waals surface area contributed by atoms with Crippen molar-refractivity contribution in [3.8, 4) is 0 Å². The topological polar surface area (TPSA) is 39.7 Å². The SMILES string of the molecule is O=C(CC[C@@H]1CCCN(Cc2ccccc2)C1)N1CCN(c2ccccn2)CC1. The number of hydrogen-bond acceptors (Lipinski definition) is 4. The van der Waals surface area contributed by atoms with E-state index < -0.39 is 0 Å². The number of carbonyl (C=O) groups is 1. The summed E-state index contributed by atoms with van der Waals surface area (Å²) in [5.41, 5.74) is 1.38. The maximum absolute atomic E-state index is 12.7. The van der Waals surface area contributed by atoms with Gasteiger partial charge in [-0.25, -0.2) is 4.98 Å². The third kappa shape index (κ3) is 5.57. The lowest BCUT2D eigenvalue weighted by atomic mass is 9.92. The molecule has 0 spiro atoms. The quantitative estimate of drug-likeness (QED) is 0.755. The lowest BCUT2D eigenvalue weighted by molar-refractivity contribution is -0.131. The highest BCUT2D eigenvalue weighted by atomic mass is 16.2. The highest BCUT2D eigenvalue weighted by Gasteiger charge is 2.24. The summed E-state index contributed by atoms with van der Waals surface area (Å²) in [5, 5.41) is 0. The van der Waals surface area contributed by atoms with Gasteiger partial charge in [-0.3, -0.25) is 9.69 Å². The zero-order chi connectivity index (χ0) is 19.9. The van der Waals surface area contributed by atoms with E-state index >= 15 is 0 Å². The molecule has 3 heterocycles. The molecule has 0 unspecified atom stereocenters. The molecule has 5 heteroatoms. The monoisotopic (exact) mass is 392 g/mol. The molecule has 0 bridgehead atoms. The molecule has 0 N–H and O–H groups in total. The fourth-order valence-electron chi connectivity index (χ4n) is 4.58. The standard InChI is InChI=1S/C24H32N4O/c29-24(28-17-15-27(16-18-28)23-10-4-5-13-25-23)12-11-22-9-6-14-26(20-22)19-21-7-2-1-3-8-21/h1-5,7-8,10,13,22H,6,9,11-12,14-20H2/t22-/m0/s1. The minimum absolute atomic E-state index is 0.325. The maximum atomic E-state index is 12.7. The molecule has 154 valence electrons. The molecule has 0 saturated carbocycles. The number of aromatic nitrogens is 1. The molecule has 1 aromatic heterocycles. The maximum Gasteiger partial charge on any atom is 0.222 e. The normalized spacial score (nSPS) is 20.6. The smallest absolute Gasteiger partial charge is 0.222 e. The predicted octanol–water partition coefficient (Wildman–Crippen LogP) is 3.42. The van der Waals surface area contributed by atoms with Gasteiger partial charge in [0.05, 0.1) is 0 Å². The minimum atomic E-state index is 0.325. The van der Waals surface area contributed by atoms with Gasteiger partial charge in [0, 0.05) is 51.9 Å². The number of piperazine rings is 1. The van der Waals surface area contributed by atoms with E-state index in [1.54, 1.807) is 0 Å². The summed E-state index contributed by atoms with van der Waals surface area (Å²) in [6, 6.07) is 16.7. The Balaban J connectivity index is 1.19. The van der Waals surface area contributed by atoms with Crippen LogP contribution in [0.3, 0.4) is 0 Å². The second kappa shape index (κ2) is 9.88. The van der Waals surface area contributed by atoms with Crippen LogP contribution in [0, 0.1) is 5.92 Å². The Labute approximate surface area is 174 Å². The third-order valence-corrected chi connectivity index (χ3v) is 6.22. The van der Waals surface area contributed by atoms with Crippen molar-refractivity contribution < 1.29 is 4.79 Å². The van der Waals surface area contributed by atoms with Gasteiger partial charge in [-0.05, 0) is 49.4 Å². The Bertz CT molecular complexity index is 759. The van der Waals surface area contributed by atoms with E-state index in [2.05, 4.69) is 45.1 Å². The van der Waals surface area contributed by atoms with Crippen LogP contribution >= 0.6 is 0 Å². The van der Waals surface area contributed by atoms with Crippen molar-refractivity contribution in [3.63, 3.8) is 0 Å². The molecule has 5 nitrogen and oxygen atoms in total. The molecule has 2 fully saturated rings. The van der Waals surface area contributed by atoms with Crippen LogP contribution in [-0.2, 0) is 11.3 Å². The van der Waals surface area contributed by atoms with Gasteiger partial charge >= 0.3 is 0 Å². The van der Waals surface area contributed by atoms with Crippen LogP contribution in [0.2, 0.25) is 0 Å². The van der Waals surface area contributed by atoms with Crippen molar-refractivity contribution in [2.24, 2.45) is 5.92 Å². The van der Waals surface area contributed by atoms with E-state index in [-0.39, 0.29) is 0 Å². The first-order valence-corrected chi connectivity index (χ1v) is 11.0. The first-order chi connectivity index (χ1) is 14.3. The molecule has 4 rings (SSSR count). The van der Waals surface area contributed by atoms with E-state index in [9.17, 15) is 4.79 Å². The van der Waals surface area contributed by atoms with Crippen LogP contribution in [0.4, 0.5) is 5.82 Å².